The quantitative estimate of drug-likeness (QED) is 0.804. The van der Waals surface area contributed by atoms with Gasteiger partial charge in [0.05, 0.1) is 4.91 Å². The zero-order chi connectivity index (χ0) is 19.6. The fourth-order valence-electron chi connectivity index (χ4n) is 2.75. The highest BCUT2D eigenvalue weighted by atomic mass is 32.2. The molecule has 0 spiro atoms. The monoisotopic (exact) mass is 380 g/mol. The van der Waals surface area contributed by atoms with Gasteiger partial charge in [0.2, 0.25) is 5.91 Å². The molecule has 1 aliphatic heterocycles. The summed E-state index contributed by atoms with van der Waals surface area (Å²) in [6.07, 6.45) is 1.70. The fourth-order valence-corrected chi connectivity index (χ4v) is 3.58. The van der Waals surface area contributed by atoms with Crippen LogP contribution < -0.4 is 5.32 Å². The summed E-state index contributed by atoms with van der Waals surface area (Å²) in [7, 11) is 0. The minimum atomic E-state index is -0.440. The van der Waals surface area contributed by atoms with E-state index in [1.165, 1.54) is 0 Å². The Morgan fingerprint density at radius 1 is 1.04 bits per heavy atom. The molecule has 2 aromatic carbocycles. The summed E-state index contributed by atoms with van der Waals surface area (Å²) < 4.78 is 0. The van der Waals surface area contributed by atoms with Gasteiger partial charge in [-0.15, -0.1) is 0 Å². The summed E-state index contributed by atoms with van der Waals surface area (Å²) in [4.78, 5) is 38.5. The van der Waals surface area contributed by atoms with Crippen molar-refractivity contribution >= 4 is 40.6 Å². The number of hydrogen-bond donors (Lipinski definition) is 1. The molecular weight excluding hydrogens is 360 g/mol. The van der Waals surface area contributed by atoms with E-state index in [0.717, 1.165) is 38.9 Å². The van der Waals surface area contributed by atoms with Crippen molar-refractivity contribution in [3.63, 3.8) is 0 Å². The average molecular weight is 380 g/mol. The number of nitrogens with zero attached hydrogens (tertiary/aromatic N) is 1. The van der Waals surface area contributed by atoms with Gasteiger partial charge in [0, 0.05) is 5.69 Å². The van der Waals surface area contributed by atoms with Gasteiger partial charge in [0.25, 0.3) is 11.1 Å². The SMILES string of the molecule is Cc1ccccc1/C=C1/SC(=O)N(CC(=O)Nc2cccc(C)c2C)C1=O. The van der Waals surface area contributed by atoms with Gasteiger partial charge in [-0.1, -0.05) is 36.4 Å². The lowest BCUT2D eigenvalue weighted by atomic mass is 10.1. The smallest absolute Gasteiger partial charge is 0.294 e. The number of carbonyl (C=O) groups is 3. The Balaban J connectivity index is 1.73. The summed E-state index contributed by atoms with van der Waals surface area (Å²) in [5.41, 5.74) is 4.58. The van der Waals surface area contributed by atoms with E-state index in [1.54, 1.807) is 12.1 Å². The summed E-state index contributed by atoms with van der Waals surface area (Å²) >= 11 is 0.858. The number of amides is 3. The Bertz CT molecular complexity index is 966. The van der Waals surface area contributed by atoms with E-state index < -0.39 is 17.1 Å². The first-order valence-electron chi connectivity index (χ1n) is 8.54. The molecular formula is C21H20N2O3S. The first-order valence-corrected chi connectivity index (χ1v) is 9.35. The highest BCUT2D eigenvalue weighted by molar-refractivity contribution is 8.18. The van der Waals surface area contributed by atoms with Crippen molar-refractivity contribution in [3.05, 3.63) is 69.6 Å². The number of anilines is 1. The van der Waals surface area contributed by atoms with Gasteiger partial charge in [-0.25, -0.2) is 0 Å². The Morgan fingerprint density at radius 2 is 1.74 bits per heavy atom. The van der Waals surface area contributed by atoms with E-state index in [9.17, 15) is 14.4 Å². The summed E-state index contributed by atoms with van der Waals surface area (Å²) in [6.45, 7) is 5.50. The molecule has 1 heterocycles. The minimum Gasteiger partial charge on any atom is -0.324 e. The molecule has 0 atom stereocenters. The topological polar surface area (TPSA) is 66.5 Å². The van der Waals surface area contributed by atoms with Crippen molar-refractivity contribution in [2.45, 2.75) is 20.8 Å². The van der Waals surface area contributed by atoms with E-state index in [2.05, 4.69) is 5.32 Å². The van der Waals surface area contributed by atoms with Crippen LogP contribution in [0.4, 0.5) is 10.5 Å². The second-order valence-electron chi connectivity index (χ2n) is 6.42. The van der Waals surface area contributed by atoms with Crippen LogP contribution >= 0.6 is 11.8 Å². The van der Waals surface area contributed by atoms with E-state index in [-0.39, 0.29) is 6.54 Å². The molecule has 3 rings (SSSR count). The van der Waals surface area contributed by atoms with Crippen LogP contribution in [0.2, 0.25) is 0 Å². The number of thioether (sulfide) groups is 1. The number of benzene rings is 2. The van der Waals surface area contributed by atoms with Crippen molar-refractivity contribution in [1.82, 2.24) is 4.90 Å². The molecule has 1 saturated heterocycles. The molecule has 0 aromatic heterocycles. The molecule has 27 heavy (non-hydrogen) atoms. The van der Waals surface area contributed by atoms with Crippen LogP contribution in [0, 0.1) is 20.8 Å². The minimum absolute atomic E-state index is 0.302. The molecule has 0 aliphatic carbocycles. The second kappa shape index (κ2) is 7.80. The third-order valence-electron chi connectivity index (χ3n) is 4.53. The lowest BCUT2D eigenvalue weighted by Crippen LogP contribution is -2.36. The van der Waals surface area contributed by atoms with Gasteiger partial charge in [-0.3, -0.25) is 19.3 Å². The van der Waals surface area contributed by atoms with Crippen molar-refractivity contribution in [3.8, 4) is 0 Å². The number of nitrogens with one attached hydrogen (secondary N) is 1. The molecule has 6 heteroatoms. The van der Waals surface area contributed by atoms with E-state index in [0.29, 0.717) is 10.6 Å². The lowest BCUT2D eigenvalue weighted by molar-refractivity contribution is -0.127. The predicted octanol–water partition coefficient (Wildman–Crippen LogP) is 4.29. The first kappa shape index (κ1) is 18.9. The zero-order valence-corrected chi connectivity index (χ0v) is 16.2. The fraction of sp³-hybridized carbons (Fsp3) is 0.190. The number of carbonyl (C=O) groups excluding carboxylic acids is 3. The van der Waals surface area contributed by atoms with Gasteiger partial charge >= 0.3 is 0 Å². The molecule has 0 radical (unpaired) electrons. The third-order valence-corrected chi connectivity index (χ3v) is 5.44. The highest BCUT2D eigenvalue weighted by Gasteiger charge is 2.36. The van der Waals surface area contributed by atoms with Gasteiger partial charge in [-0.05, 0) is 66.9 Å². The maximum Gasteiger partial charge on any atom is 0.294 e. The Morgan fingerprint density at radius 3 is 2.48 bits per heavy atom. The molecule has 138 valence electrons. The van der Waals surface area contributed by atoms with Crippen LogP contribution in [0.15, 0.2) is 47.4 Å². The van der Waals surface area contributed by atoms with Crippen LogP contribution in [-0.4, -0.2) is 28.5 Å². The normalized spacial score (nSPS) is 15.5. The van der Waals surface area contributed by atoms with Gasteiger partial charge in [0.1, 0.15) is 6.54 Å². The Hall–Kier alpha value is -2.86. The molecule has 1 aliphatic rings. The first-order chi connectivity index (χ1) is 12.9. The Kier molecular flexibility index (Phi) is 5.46. The van der Waals surface area contributed by atoms with Crippen LogP contribution in [-0.2, 0) is 9.59 Å². The molecule has 0 bridgehead atoms. The van der Waals surface area contributed by atoms with Crippen LogP contribution in [0.1, 0.15) is 22.3 Å². The van der Waals surface area contributed by atoms with Crippen molar-refractivity contribution in [2.24, 2.45) is 0 Å². The number of rotatable bonds is 4. The van der Waals surface area contributed by atoms with Crippen LogP contribution in [0.25, 0.3) is 6.08 Å². The summed E-state index contributed by atoms with van der Waals surface area (Å²) in [5, 5.41) is 2.34. The maximum absolute atomic E-state index is 12.6. The van der Waals surface area contributed by atoms with Crippen molar-refractivity contribution < 1.29 is 14.4 Å². The molecule has 3 amide bonds. The van der Waals surface area contributed by atoms with Gasteiger partial charge in [-0.2, -0.15) is 0 Å². The summed E-state index contributed by atoms with van der Waals surface area (Å²) in [6, 6.07) is 13.2. The lowest BCUT2D eigenvalue weighted by Gasteiger charge is -2.14. The maximum atomic E-state index is 12.6. The largest absolute Gasteiger partial charge is 0.324 e. The number of imide groups is 1. The third kappa shape index (κ3) is 4.11. The van der Waals surface area contributed by atoms with Crippen LogP contribution in [0.3, 0.4) is 0 Å². The van der Waals surface area contributed by atoms with Crippen molar-refractivity contribution in [1.29, 1.82) is 0 Å². The Labute approximate surface area is 162 Å². The summed E-state index contributed by atoms with van der Waals surface area (Å²) in [5.74, 6) is -0.840. The average Bonchev–Trinajstić information content (AvgIpc) is 2.88. The van der Waals surface area contributed by atoms with E-state index >= 15 is 0 Å². The zero-order valence-electron chi connectivity index (χ0n) is 15.4. The second-order valence-corrected chi connectivity index (χ2v) is 7.41. The van der Waals surface area contributed by atoms with Crippen LogP contribution in [0.5, 0.6) is 0 Å². The van der Waals surface area contributed by atoms with Gasteiger partial charge in [0.15, 0.2) is 0 Å². The number of aryl methyl sites for hydroxylation is 2. The molecule has 1 fully saturated rings. The van der Waals surface area contributed by atoms with E-state index in [1.807, 2.05) is 57.2 Å². The molecule has 2 aromatic rings. The molecule has 5 nitrogen and oxygen atoms in total. The standard InChI is InChI=1S/C21H20N2O3S/c1-13-8-6-10-17(15(13)3)22-19(24)12-23-20(25)18(27-21(23)26)11-16-9-5-4-7-14(16)2/h4-11H,12H2,1-3H3,(H,22,24)/b18-11+. The molecule has 0 saturated carbocycles. The highest BCUT2D eigenvalue weighted by Crippen LogP contribution is 2.32. The number of hydrogen-bond acceptors (Lipinski definition) is 4. The van der Waals surface area contributed by atoms with Crippen molar-refractivity contribution in [2.75, 3.05) is 11.9 Å². The van der Waals surface area contributed by atoms with E-state index in [4.69, 9.17) is 0 Å². The predicted molar refractivity (Wildman–Crippen MR) is 108 cm³/mol. The molecule has 0 unspecified atom stereocenters. The molecule has 1 N–H and O–H groups in total. The van der Waals surface area contributed by atoms with Gasteiger partial charge < -0.3 is 5.32 Å².